The van der Waals surface area contributed by atoms with Gasteiger partial charge in [-0.05, 0) is 49.6 Å². The number of amides is 1. The van der Waals surface area contributed by atoms with Crippen LogP contribution in [0.5, 0.6) is 0 Å². The third kappa shape index (κ3) is 4.98. The number of aryl methyl sites for hydroxylation is 1. The van der Waals surface area contributed by atoms with E-state index in [1.165, 1.54) is 5.39 Å². The first-order valence-electron chi connectivity index (χ1n) is 13.2. The minimum Gasteiger partial charge on any atom is -0.354 e. The van der Waals surface area contributed by atoms with Crippen LogP contribution in [0.25, 0.3) is 21.1 Å². The molecule has 1 fully saturated rings. The van der Waals surface area contributed by atoms with Gasteiger partial charge < -0.3 is 14.8 Å². The summed E-state index contributed by atoms with van der Waals surface area (Å²) in [6.07, 6.45) is 3.56. The number of fused-ring (bicyclic) bond motifs is 4. The molecule has 1 N–H and O–H groups in total. The van der Waals surface area contributed by atoms with E-state index >= 15 is 0 Å². The highest BCUT2D eigenvalue weighted by molar-refractivity contribution is 7.18. The number of thiophene rings is 1. The average Bonchev–Trinajstić information content (AvgIpc) is 3.29. The molecule has 192 valence electrons. The lowest BCUT2D eigenvalue weighted by Gasteiger charge is -2.35. The minimum atomic E-state index is -0.0350. The number of H-pyrrole nitrogens is 1. The van der Waals surface area contributed by atoms with Gasteiger partial charge >= 0.3 is 0 Å². The smallest absolute Gasteiger partial charge is 0.259 e. The fraction of sp³-hybridized carbons (Fsp3) is 0.429. The molecule has 0 bridgehead atoms. The number of rotatable bonds is 6. The monoisotopic (exact) mass is 516 g/mol. The summed E-state index contributed by atoms with van der Waals surface area (Å²) in [5.41, 5.74) is 2.09. The van der Waals surface area contributed by atoms with E-state index in [1.807, 2.05) is 17.0 Å². The van der Waals surface area contributed by atoms with Gasteiger partial charge in [0.25, 0.3) is 5.56 Å². The van der Waals surface area contributed by atoms with Crippen molar-refractivity contribution in [2.75, 3.05) is 44.2 Å². The second kappa shape index (κ2) is 10.2. The molecule has 5 heterocycles. The van der Waals surface area contributed by atoms with E-state index in [2.05, 4.69) is 39.0 Å². The predicted molar refractivity (Wildman–Crippen MR) is 148 cm³/mol. The number of para-hydroxylation sites is 1. The Morgan fingerprint density at radius 3 is 2.70 bits per heavy atom. The third-order valence-electron chi connectivity index (χ3n) is 7.62. The number of aromatic amines is 1. The lowest BCUT2D eigenvalue weighted by Crippen LogP contribution is -2.46. The summed E-state index contributed by atoms with van der Waals surface area (Å²) in [6.45, 7) is 7.96. The van der Waals surface area contributed by atoms with Crippen LogP contribution in [-0.2, 0) is 24.2 Å². The van der Waals surface area contributed by atoms with Gasteiger partial charge in [-0.2, -0.15) is 0 Å². The Kier molecular flexibility index (Phi) is 6.65. The summed E-state index contributed by atoms with van der Waals surface area (Å²) < 4.78 is 0. The molecule has 8 nitrogen and oxygen atoms in total. The Hall–Kier alpha value is -3.30. The number of benzene rings is 1. The standard InChI is InChI=1S/C28H32N6O2S/c1-19(35)34-13-11-21-23(18-34)37-28-26(21)27(36)30-24(31-28)8-4-5-12-32-14-16-33(17-15-32)25-10-9-20-6-2-3-7-22(20)29-25/h2-3,6-7,9-10H,4-5,8,11-18H2,1H3,(H,30,31,36). The molecule has 3 aromatic heterocycles. The van der Waals surface area contributed by atoms with Crippen molar-refractivity contribution in [2.45, 2.75) is 39.2 Å². The highest BCUT2D eigenvalue weighted by Crippen LogP contribution is 2.32. The maximum Gasteiger partial charge on any atom is 0.259 e. The number of piperazine rings is 1. The molecule has 2 aliphatic heterocycles. The molecule has 0 unspecified atom stereocenters. The fourth-order valence-electron chi connectivity index (χ4n) is 5.49. The molecule has 1 amide bonds. The summed E-state index contributed by atoms with van der Waals surface area (Å²) in [5, 5.41) is 1.91. The number of hydrogen-bond acceptors (Lipinski definition) is 7. The number of nitrogens with zero attached hydrogens (tertiary/aromatic N) is 5. The molecule has 0 spiro atoms. The van der Waals surface area contributed by atoms with E-state index in [9.17, 15) is 9.59 Å². The van der Waals surface area contributed by atoms with Gasteiger partial charge in [0.1, 0.15) is 16.5 Å². The molecule has 37 heavy (non-hydrogen) atoms. The van der Waals surface area contributed by atoms with Crippen LogP contribution >= 0.6 is 11.3 Å². The summed E-state index contributed by atoms with van der Waals surface area (Å²) >= 11 is 1.57. The molecule has 4 aromatic rings. The quantitative estimate of drug-likeness (QED) is 0.395. The number of carbonyl (C=O) groups excluding carboxylic acids is 1. The summed E-state index contributed by atoms with van der Waals surface area (Å²) in [7, 11) is 0. The molecule has 1 saturated heterocycles. The zero-order valence-corrected chi connectivity index (χ0v) is 22.0. The molecular weight excluding hydrogens is 484 g/mol. The van der Waals surface area contributed by atoms with Gasteiger partial charge in [-0.3, -0.25) is 14.5 Å². The van der Waals surface area contributed by atoms with Crippen LogP contribution in [-0.4, -0.2) is 69.9 Å². The van der Waals surface area contributed by atoms with Crippen LogP contribution in [0.3, 0.4) is 0 Å². The zero-order chi connectivity index (χ0) is 25.4. The van der Waals surface area contributed by atoms with Crippen LogP contribution in [0.2, 0.25) is 0 Å². The van der Waals surface area contributed by atoms with Crippen LogP contribution in [0.1, 0.15) is 36.0 Å². The second-order valence-corrected chi connectivity index (χ2v) is 11.1. The van der Waals surface area contributed by atoms with E-state index in [1.54, 1.807) is 18.3 Å². The molecular formula is C28H32N6O2S. The van der Waals surface area contributed by atoms with Crippen molar-refractivity contribution in [1.29, 1.82) is 0 Å². The lowest BCUT2D eigenvalue weighted by atomic mass is 10.1. The van der Waals surface area contributed by atoms with Crippen molar-refractivity contribution < 1.29 is 4.79 Å². The topological polar surface area (TPSA) is 85.4 Å². The fourth-order valence-corrected chi connectivity index (χ4v) is 6.75. The van der Waals surface area contributed by atoms with Crippen LogP contribution in [0.4, 0.5) is 5.82 Å². The number of unbranched alkanes of at least 4 members (excludes halogenated alkanes) is 1. The Bertz CT molecular complexity index is 1500. The van der Waals surface area contributed by atoms with Gasteiger partial charge in [-0.1, -0.05) is 18.2 Å². The number of nitrogens with one attached hydrogen (secondary N) is 1. The van der Waals surface area contributed by atoms with E-state index in [-0.39, 0.29) is 11.5 Å². The van der Waals surface area contributed by atoms with E-state index in [4.69, 9.17) is 9.97 Å². The second-order valence-electron chi connectivity index (χ2n) is 10.0. The molecule has 0 atom stereocenters. The largest absolute Gasteiger partial charge is 0.354 e. The Balaban J connectivity index is 1.01. The SMILES string of the molecule is CC(=O)N1CCc2c(sc3nc(CCCCN4CCN(c5ccc6ccccc6n5)CC4)[nH]c(=O)c23)C1. The predicted octanol–water partition coefficient (Wildman–Crippen LogP) is 3.58. The molecule has 0 aliphatic carbocycles. The zero-order valence-electron chi connectivity index (χ0n) is 21.2. The maximum absolute atomic E-state index is 12.9. The summed E-state index contributed by atoms with van der Waals surface area (Å²) in [6, 6.07) is 12.6. The lowest BCUT2D eigenvalue weighted by molar-refractivity contribution is -0.129. The first-order valence-corrected chi connectivity index (χ1v) is 14.0. The van der Waals surface area contributed by atoms with Crippen molar-refractivity contribution in [3.8, 4) is 0 Å². The number of carbonyl (C=O) groups is 1. The maximum atomic E-state index is 12.9. The normalized spacial score (nSPS) is 16.5. The van der Waals surface area contributed by atoms with E-state index in [0.29, 0.717) is 13.1 Å². The van der Waals surface area contributed by atoms with Crippen LogP contribution < -0.4 is 10.5 Å². The number of aromatic nitrogens is 3. The molecule has 9 heteroatoms. The molecule has 0 radical (unpaired) electrons. The molecule has 2 aliphatic rings. The van der Waals surface area contributed by atoms with Crippen LogP contribution in [0, 0.1) is 0 Å². The molecule has 6 rings (SSSR count). The summed E-state index contributed by atoms with van der Waals surface area (Å²) in [4.78, 5) is 45.9. The highest BCUT2D eigenvalue weighted by atomic mass is 32.1. The van der Waals surface area contributed by atoms with Gasteiger partial charge in [-0.25, -0.2) is 9.97 Å². The number of hydrogen-bond donors (Lipinski definition) is 1. The molecule has 0 saturated carbocycles. The average molecular weight is 517 g/mol. The first kappa shape index (κ1) is 24.1. The van der Waals surface area contributed by atoms with Crippen LogP contribution in [0.15, 0.2) is 41.2 Å². The van der Waals surface area contributed by atoms with Crippen molar-refractivity contribution in [2.24, 2.45) is 0 Å². The van der Waals surface area contributed by atoms with Crippen molar-refractivity contribution in [3.63, 3.8) is 0 Å². The van der Waals surface area contributed by atoms with Crippen molar-refractivity contribution in [1.82, 2.24) is 24.8 Å². The van der Waals surface area contributed by atoms with Gasteiger partial charge in [0, 0.05) is 56.3 Å². The Morgan fingerprint density at radius 1 is 1.03 bits per heavy atom. The minimum absolute atomic E-state index is 0.0350. The Labute approximate surface area is 219 Å². The van der Waals surface area contributed by atoms with Crippen molar-refractivity contribution >= 4 is 44.2 Å². The van der Waals surface area contributed by atoms with Gasteiger partial charge in [0.15, 0.2) is 0 Å². The Morgan fingerprint density at radius 2 is 1.86 bits per heavy atom. The van der Waals surface area contributed by atoms with E-state index in [0.717, 1.165) is 96.2 Å². The van der Waals surface area contributed by atoms with Crippen molar-refractivity contribution in [3.05, 3.63) is 63.0 Å². The van der Waals surface area contributed by atoms with Gasteiger partial charge in [0.05, 0.1) is 17.4 Å². The highest BCUT2D eigenvalue weighted by Gasteiger charge is 2.25. The van der Waals surface area contributed by atoms with Gasteiger partial charge in [0.2, 0.25) is 5.91 Å². The number of anilines is 1. The molecule has 1 aromatic carbocycles. The first-order chi connectivity index (χ1) is 18.0. The third-order valence-corrected chi connectivity index (χ3v) is 8.73. The van der Waals surface area contributed by atoms with E-state index < -0.39 is 0 Å². The summed E-state index contributed by atoms with van der Waals surface area (Å²) in [5.74, 6) is 1.91. The van der Waals surface area contributed by atoms with Gasteiger partial charge in [-0.15, -0.1) is 11.3 Å². The number of pyridine rings is 1.